The molecule has 0 saturated heterocycles. The van der Waals surface area contributed by atoms with Crippen molar-refractivity contribution in [3.05, 3.63) is 17.9 Å². The SMILES string of the molecule is CC(C)CC(NC(=O)c1ccc(S(=O)(=O)N(C)C)o1)C(=O)O. The number of aliphatic carboxylic acids is 1. The number of carboxylic acid groups (broad SMARTS) is 1. The van der Waals surface area contributed by atoms with Crippen molar-refractivity contribution in [3.63, 3.8) is 0 Å². The van der Waals surface area contributed by atoms with Gasteiger partial charge in [0, 0.05) is 14.1 Å². The predicted molar refractivity (Wildman–Crippen MR) is 77.9 cm³/mol. The molecule has 0 aliphatic carbocycles. The molecule has 0 aromatic carbocycles. The van der Waals surface area contributed by atoms with Crippen LogP contribution in [0, 0.1) is 5.92 Å². The highest BCUT2D eigenvalue weighted by Gasteiger charge is 2.26. The first-order valence-corrected chi connectivity index (χ1v) is 8.05. The number of sulfonamides is 1. The molecule has 0 spiro atoms. The van der Waals surface area contributed by atoms with Crippen molar-refractivity contribution in [1.29, 1.82) is 0 Å². The topological polar surface area (TPSA) is 117 Å². The number of hydrogen-bond acceptors (Lipinski definition) is 5. The molecule has 1 rings (SSSR count). The van der Waals surface area contributed by atoms with E-state index in [1.807, 2.05) is 13.8 Å². The number of furan rings is 1. The van der Waals surface area contributed by atoms with Crippen molar-refractivity contribution in [2.45, 2.75) is 31.4 Å². The van der Waals surface area contributed by atoms with Gasteiger partial charge in [0.25, 0.3) is 15.9 Å². The van der Waals surface area contributed by atoms with E-state index in [2.05, 4.69) is 5.32 Å². The Morgan fingerprint density at radius 2 is 1.91 bits per heavy atom. The Bertz CT molecular complexity index is 647. The van der Waals surface area contributed by atoms with E-state index in [4.69, 9.17) is 9.52 Å². The molecule has 22 heavy (non-hydrogen) atoms. The summed E-state index contributed by atoms with van der Waals surface area (Å²) in [6, 6.07) is 1.29. The highest BCUT2D eigenvalue weighted by molar-refractivity contribution is 7.88. The molecule has 0 radical (unpaired) electrons. The average molecular weight is 332 g/mol. The van der Waals surface area contributed by atoms with Gasteiger partial charge in [-0.15, -0.1) is 0 Å². The fraction of sp³-hybridized carbons (Fsp3) is 0.538. The van der Waals surface area contributed by atoms with E-state index in [1.165, 1.54) is 20.2 Å². The van der Waals surface area contributed by atoms with Crippen LogP contribution in [0.2, 0.25) is 0 Å². The van der Waals surface area contributed by atoms with Gasteiger partial charge in [0.15, 0.2) is 5.76 Å². The molecule has 0 bridgehead atoms. The van der Waals surface area contributed by atoms with Gasteiger partial charge in [0.2, 0.25) is 5.09 Å². The second-order valence-electron chi connectivity index (χ2n) is 5.40. The average Bonchev–Trinajstić information content (AvgIpc) is 2.87. The van der Waals surface area contributed by atoms with Gasteiger partial charge in [-0.25, -0.2) is 17.5 Å². The predicted octanol–water partition coefficient (Wildman–Crippen LogP) is 0.759. The summed E-state index contributed by atoms with van der Waals surface area (Å²) in [6.45, 7) is 3.66. The standard InChI is InChI=1S/C13H20N2O6S/c1-8(2)7-9(13(17)18)14-12(16)10-5-6-11(21-10)22(19,20)15(3)4/h5-6,8-9H,7H2,1-4H3,(H,14,16)(H,17,18). The first-order chi connectivity index (χ1) is 10.1. The molecule has 1 amide bonds. The summed E-state index contributed by atoms with van der Waals surface area (Å²) in [7, 11) is -1.11. The Hall–Kier alpha value is -1.87. The van der Waals surface area contributed by atoms with Crippen LogP contribution in [-0.2, 0) is 14.8 Å². The smallest absolute Gasteiger partial charge is 0.326 e. The lowest BCUT2D eigenvalue weighted by Gasteiger charge is -2.15. The molecule has 1 aromatic rings. The second kappa shape index (κ2) is 6.93. The lowest BCUT2D eigenvalue weighted by Crippen LogP contribution is -2.41. The van der Waals surface area contributed by atoms with Gasteiger partial charge in [-0.1, -0.05) is 13.8 Å². The van der Waals surface area contributed by atoms with Gasteiger partial charge in [0.05, 0.1) is 0 Å². The molecule has 124 valence electrons. The van der Waals surface area contributed by atoms with Gasteiger partial charge in [0.1, 0.15) is 6.04 Å². The van der Waals surface area contributed by atoms with E-state index in [-0.39, 0.29) is 23.2 Å². The van der Waals surface area contributed by atoms with Crippen molar-refractivity contribution in [2.24, 2.45) is 5.92 Å². The van der Waals surface area contributed by atoms with Crippen molar-refractivity contribution in [1.82, 2.24) is 9.62 Å². The second-order valence-corrected chi connectivity index (χ2v) is 7.48. The number of carboxylic acids is 1. The van der Waals surface area contributed by atoms with Crippen molar-refractivity contribution in [3.8, 4) is 0 Å². The van der Waals surface area contributed by atoms with Crippen LogP contribution >= 0.6 is 0 Å². The minimum Gasteiger partial charge on any atom is -0.480 e. The number of carbonyl (C=O) groups excluding carboxylic acids is 1. The quantitative estimate of drug-likeness (QED) is 0.761. The maximum Gasteiger partial charge on any atom is 0.326 e. The minimum atomic E-state index is -3.78. The summed E-state index contributed by atoms with van der Waals surface area (Å²) < 4.78 is 29.7. The number of amides is 1. The van der Waals surface area contributed by atoms with Crippen LogP contribution in [0.25, 0.3) is 0 Å². The van der Waals surface area contributed by atoms with E-state index >= 15 is 0 Å². The molecule has 8 nitrogen and oxygen atoms in total. The van der Waals surface area contributed by atoms with Crippen molar-refractivity contribution in [2.75, 3.05) is 14.1 Å². The van der Waals surface area contributed by atoms with E-state index in [9.17, 15) is 18.0 Å². The summed E-state index contributed by atoms with van der Waals surface area (Å²) in [5.41, 5.74) is 0. The molecule has 1 atom stereocenters. The van der Waals surface area contributed by atoms with E-state index in [0.29, 0.717) is 0 Å². The van der Waals surface area contributed by atoms with Crippen LogP contribution in [-0.4, -0.2) is 49.8 Å². The highest BCUT2D eigenvalue weighted by atomic mass is 32.2. The summed E-state index contributed by atoms with van der Waals surface area (Å²) >= 11 is 0. The molecular weight excluding hydrogens is 312 g/mol. The molecule has 0 aliphatic rings. The van der Waals surface area contributed by atoms with Crippen LogP contribution in [0.5, 0.6) is 0 Å². The zero-order valence-corrected chi connectivity index (χ0v) is 13.7. The Balaban J connectivity index is 2.91. The third-order valence-corrected chi connectivity index (χ3v) is 4.54. The van der Waals surface area contributed by atoms with Gasteiger partial charge in [-0.3, -0.25) is 4.79 Å². The monoisotopic (exact) mass is 332 g/mol. The Morgan fingerprint density at radius 1 is 1.32 bits per heavy atom. The van der Waals surface area contributed by atoms with Crippen LogP contribution in [0.15, 0.2) is 21.6 Å². The van der Waals surface area contributed by atoms with E-state index < -0.39 is 27.9 Å². The lowest BCUT2D eigenvalue weighted by molar-refractivity contribution is -0.139. The minimum absolute atomic E-state index is 0.0719. The fourth-order valence-corrected chi connectivity index (χ4v) is 2.48. The van der Waals surface area contributed by atoms with Crippen LogP contribution in [0.3, 0.4) is 0 Å². The highest BCUT2D eigenvalue weighted by Crippen LogP contribution is 2.17. The van der Waals surface area contributed by atoms with Crippen molar-refractivity contribution >= 4 is 21.9 Å². The van der Waals surface area contributed by atoms with Crippen molar-refractivity contribution < 1.29 is 27.5 Å². The summed E-state index contributed by atoms with van der Waals surface area (Å²) in [5.74, 6) is -2.11. The van der Waals surface area contributed by atoms with Gasteiger partial charge in [-0.2, -0.15) is 0 Å². The third-order valence-electron chi connectivity index (χ3n) is 2.85. The molecule has 0 saturated carbocycles. The number of nitrogens with one attached hydrogen (secondary N) is 1. The number of rotatable bonds is 7. The Labute approximate surface area is 129 Å². The fourth-order valence-electron chi connectivity index (χ4n) is 1.68. The molecule has 9 heteroatoms. The maximum absolute atomic E-state index is 12.0. The zero-order chi connectivity index (χ0) is 17.1. The van der Waals surface area contributed by atoms with E-state index in [0.717, 1.165) is 10.4 Å². The van der Waals surface area contributed by atoms with Crippen LogP contribution < -0.4 is 5.32 Å². The molecule has 1 heterocycles. The molecular formula is C13H20N2O6S. The summed E-state index contributed by atoms with van der Waals surface area (Å²) in [4.78, 5) is 23.1. The van der Waals surface area contributed by atoms with Gasteiger partial charge >= 0.3 is 5.97 Å². The largest absolute Gasteiger partial charge is 0.480 e. The Morgan fingerprint density at radius 3 is 2.36 bits per heavy atom. The van der Waals surface area contributed by atoms with Crippen LogP contribution in [0.4, 0.5) is 0 Å². The van der Waals surface area contributed by atoms with Crippen LogP contribution in [0.1, 0.15) is 30.8 Å². The number of nitrogens with zero attached hydrogens (tertiary/aromatic N) is 1. The zero-order valence-electron chi connectivity index (χ0n) is 12.9. The normalized spacial score (nSPS) is 13.4. The number of hydrogen-bond donors (Lipinski definition) is 2. The lowest BCUT2D eigenvalue weighted by atomic mass is 10.0. The maximum atomic E-state index is 12.0. The first-order valence-electron chi connectivity index (χ1n) is 6.61. The molecule has 2 N–H and O–H groups in total. The summed E-state index contributed by atoms with van der Waals surface area (Å²) in [6.07, 6.45) is 0.255. The molecule has 1 aromatic heterocycles. The Kier molecular flexibility index (Phi) is 5.72. The first kappa shape index (κ1) is 18.2. The third kappa shape index (κ3) is 4.31. The summed E-state index contributed by atoms with van der Waals surface area (Å²) in [5, 5.41) is 11.0. The molecule has 0 aliphatic heterocycles. The molecule has 1 unspecified atom stereocenters. The van der Waals surface area contributed by atoms with E-state index in [1.54, 1.807) is 0 Å². The van der Waals surface area contributed by atoms with Gasteiger partial charge < -0.3 is 14.8 Å². The van der Waals surface area contributed by atoms with Gasteiger partial charge in [-0.05, 0) is 24.5 Å². The number of carbonyl (C=O) groups is 2. The molecule has 0 fully saturated rings.